The smallest absolute Gasteiger partial charge is 0.225 e. The van der Waals surface area contributed by atoms with Crippen LogP contribution in [0, 0.1) is 29.0 Å². The van der Waals surface area contributed by atoms with Gasteiger partial charge in [0.25, 0.3) is 0 Å². The third-order valence-corrected chi connectivity index (χ3v) is 8.27. The normalized spacial score (nSPS) is 32.1. The van der Waals surface area contributed by atoms with Crippen molar-refractivity contribution >= 4 is 17.4 Å². The van der Waals surface area contributed by atoms with Gasteiger partial charge in [-0.05, 0) is 97.6 Å². The molecule has 1 heterocycles. The summed E-state index contributed by atoms with van der Waals surface area (Å²) in [6.07, 6.45) is 7.31. The van der Waals surface area contributed by atoms with Crippen LogP contribution in [0.2, 0.25) is 0 Å². The second-order valence-electron chi connectivity index (χ2n) is 9.84. The fraction of sp³-hybridized carbons (Fsp3) is 0.520. The minimum Gasteiger partial charge on any atom is -0.411 e. The summed E-state index contributed by atoms with van der Waals surface area (Å²) in [6.45, 7) is 2.24. The van der Waals surface area contributed by atoms with Gasteiger partial charge in [-0.15, -0.1) is 5.10 Å². The quantitative estimate of drug-likeness (QED) is 0.525. The standard InChI is InChI=1S/C25H29FN4O2/c1-25-11-10-19-18-8-6-17(26)13-15(18)4-7-20(19)24(25)16(14-21(25)30-32)5-9-23(31)28-22-3-2-12-27-29-22/h2-3,6,8,12-13,16,19-20,24,32H,4-5,7,9-11,14H2,1H3,(H,28,29,31)/b30-21+/t16-,19?,20?,24?,25-/m1/s1. The van der Waals surface area contributed by atoms with Crippen molar-refractivity contribution in [2.24, 2.45) is 28.3 Å². The Hall–Kier alpha value is -2.83. The Bertz CT molecular complexity index is 1040. The second kappa shape index (κ2) is 8.26. The first kappa shape index (κ1) is 21.0. The molecule has 1 aromatic heterocycles. The van der Waals surface area contributed by atoms with E-state index in [4.69, 9.17) is 0 Å². The molecule has 0 radical (unpaired) electrons. The number of benzene rings is 1. The maximum Gasteiger partial charge on any atom is 0.225 e. The van der Waals surface area contributed by atoms with Crippen LogP contribution in [-0.2, 0) is 11.2 Å². The maximum atomic E-state index is 13.8. The lowest BCUT2D eigenvalue weighted by atomic mass is 9.54. The predicted octanol–water partition coefficient (Wildman–Crippen LogP) is 4.95. The van der Waals surface area contributed by atoms with Crippen LogP contribution < -0.4 is 5.32 Å². The van der Waals surface area contributed by atoms with Crippen molar-refractivity contribution in [2.45, 2.75) is 57.8 Å². The van der Waals surface area contributed by atoms with Gasteiger partial charge in [-0.2, -0.15) is 5.10 Å². The molecular weight excluding hydrogens is 407 g/mol. The molecule has 0 spiro atoms. The fourth-order valence-corrected chi connectivity index (χ4v) is 6.94. The van der Waals surface area contributed by atoms with Crippen molar-refractivity contribution in [3.8, 4) is 0 Å². The third kappa shape index (κ3) is 3.57. The zero-order chi connectivity index (χ0) is 22.3. The number of hydrogen-bond acceptors (Lipinski definition) is 5. The lowest BCUT2D eigenvalue weighted by molar-refractivity contribution is -0.116. The summed E-state index contributed by atoms with van der Waals surface area (Å²) >= 11 is 0. The molecule has 3 aliphatic rings. The fourth-order valence-electron chi connectivity index (χ4n) is 6.94. The van der Waals surface area contributed by atoms with Crippen LogP contribution in [0.25, 0.3) is 0 Å². The molecule has 7 heteroatoms. The summed E-state index contributed by atoms with van der Waals surface area (Å²) in [4.78, 5) is 12.5. The Labute approximate surface area is 187 Å². The molecule has 2 N–H and O–H groups in total. The molecule has 1 amide bonds. The van der Waals surface area contributed by atoms with Gasteiger partial charge in [0.2, 0.25) is 5.91 Å². The van der Waals surface area contributed by atoms with Gasteiger partial charge in [0.05, 0.1) is 5.71 Å². The number of carbonyl (C=O) groups is 1. The monoisotopic (exact) mass is 436 g/mol. The maximum absolute atomic E-state index is 13.8. The van der Waals surface area contributed by atoms with E-state index in [0.717, 1.165) is 49.8 Å². The molecule has 2 aromatic rings. The highest BCUT2D eigenvalue weighted by atomic mass is 19.1. The summed E-state index contributed by atoms with van der Waals surface area (Å²) in [5, 5.41) is 24.1. The molecule has 2 fully saturated rings. The van der Waals surface area contributed by atoms with E-state index in [-0.39, 0.29) is 23.1 Å². The van der Waals surface area contributed by atoms with Crippen molar-refractivity contribution in [1.29, 1.82) is 0 Å². The second-order valence-corrected chi connectivity index (χ2v) is 9.84. The van der Waals surface area contributed by atoms with E-state index in [1.165, 1.54) is 5.56 Å². The molecular formula is C25H29FN4O2. The molecule has 0 bridgehead atoms. The van der Waals surface area contributed by atoms with Crippen molar-refractivity contribution in [3.63, 3.8) is 0 Å². The molecule has 1 aromatic carbocycles. The van der Waals surface area contributed by atoms with E-state index >= 15 is 0 Å². The van der Waals surface area contributed by atoms with Crippen LogP contribution in [0.1, 0.15) is 62.5 Å². The van der Waals surface area contributed by atoms with Crippen LogP contribution in [0.5, 0.6) is 0 Å². The first-order valence-electron chi connectivity index (χ1n) is 11.6. The van der Waals surface area contributed by atoms with Gasteiger partial charge < -0.3 is 10.5 Å². The number of nitrogens with one attached hydrogen (secondary N) is 1. The average Bonchev–Trinajstić information content (AvgIpc) is 3.09. The molecule has 5 atom stereocenters. The van der Waals surface area contributed by atoms with E-state index < -0.39 is 0 Å². The Morgan fingerprint density at radius 3 is 3.00 bits per heavy atom. The first-order chi connectivity index (χ1) is 15.5. The van der Waals surface area contributed by atoms with Crippen LogP contribution in [0.3, 0.4) is 0 Å². The van der Waals surface area contributed by atoms with Gasteiger partial charge in [-0.3, -0.25) is 4.79 Å². The van der Waals surface area contributed by atoms with E-state index in [0.29, 0.717) is 30.0 Å². The number of aryl methyl sites for hydroxylation is 1. The molecule has 5 rings (SSSR count). The molecule has 0 aliphatic heterocycles. The number of anilines is 1. The summed E-state index contributed by atoms with van der Waals surface area (Å²) < 4.78 is 13.8. The molecule has 0 saturated heterocycles. The van der Waals surface area contributed by atoms with Crippen molar-refractivity contribution < 1.29 is 14.4 Å². The van der Waals surface area contributed by atoms with Gasteiger partial charge in [0.15, 0.2) is 5.82 Å². The summed E-state index contributed by atoms with van der Waals surface area (Å²) in [7, 11) is 0. The zero-order valence-electron chi connectivity index (χ0n) is 18.3. The molecule has 6 nitrogen and oxygen atoms in total. The number of nitrogens with zero attached hydrogens (tertiary/aromatic N) is 3. The Kier molecular flexibility index (Phi) is 5.43. The van der Waals surface area contributed by atoms with Crippen molar-refractivity contribution in [3.05, 3.63) is 53.5 Å². The minimum absolute atomic E-state index is 0.0709. The molecule has 2 saturated carbocycles. The van der Waals surface area contributed by atoms with Gasteiger partial charge in [-0.25, -0.2) is 4.39 Å². The van der Waals surface area contributed by atoms with E-state index in [9.17, 15) is 14.4 Å². The number of oxime groups is 1. The number of hydrogen-bond donors (Lipinski definition) is 2. The predicted molar refractivity (Wildman–Crippen MR) is 119 cm³/mol. The SMILES string of the molecule is C[C@]12CCC3c4ccc(F)cc4CCC3C1[C@H](CCC(=O)Nc1cccnn1)C/C2=N\O. The summed E-state index contributed by atoms with van der Waals surface area (Å²) in [5.41, 5.74) is 3.17. The average molecular weight is 437 g/mol. The minimum atomic E-state index is -0.162. The van der Waals surface area contributed by atoms with Gasteiger partial charge >= 0.3 is 0 Å². The molecule has 168 valence electrons. The van der Waals surface area contributed by atoms with E-state index in [1.807, 2.05) is 6.07 Å². The molecule has 3 unspecified atom stereocenters. The van der Waals surface area contributed by atoms with Crippen molar-refractivity contribution in [2.75, 3.05) is 5.32 Å². The number of amides is 1. The lowest BCUT2D eigenvalue weighted by Gasteiger charge is -2.50. The van der Waals surface area contributed by atoms with Crippen LogP contribution in [-0.4, -0.2) is 27.0 Å². The van der Waals surface area contributed by atoms with Gasteiger partial charge in [0.1, 0.15) is 5.82 Å². The highest BCUT2D eigenvalue weighted by Crippen LogP contribution is 2.62. The van der Waals surface area contributed by atoms with Gasteiger partial charge in [0, 0.05) is 18.0 Å². The molecule has 3 aliphatic carbocycles. The third-order valence-electron chi connectivity index (χ3n) is 8.27. The number of rotatable bonds is 4. The Morgan fingerprint density at radius 2 is 2.22 bits per heavy atom. The summed E-state index contributed by atoms with van der Waals surface area (Å²) in [5.74, 6) is 1.73. The number of aromatic nitrogens is 2. The Balaban J connectivity index is 1.36. The van der Waals surface area contributed by atoms with Crippen LogP contribution in [0.15, 0.2) is 41.7 Å². The largest absolute Gasteiger partial charge is 0.411 e. The Morgan fingerprint density at radius 1 is 1.34 bits per heavy atom. The highest BCUT2D eigenvalue weighted by Gasteiger charge is 2.57. The topological polar surface area (TPSA) is 87.5 Å². The zero-order valence-corrected chi connectivity index (χ0v) is 18.3. The van der Waals surface area contributed by atoms with Crippen molar-refractivity contribution in [1.82, 2.24) is 10.2 Å². The number of halogens is 1. The molecule has 32 heavy (non-hydrogen) atoms. The van der Waals surface area contributed by atoms with E-state index in [1.54, 1.807) is 30.5 Å². The highest BCUT2D eigenvalue weighted by molar-refractivity contribution is 5.93. The van der Waals surface area contributed by atoms with E-state index in [2.05, 4.69) is 27.6 Å². The summed E-state index contributed by atoms with van der Waals surface area (Å²) in [6, 6.07) is 8.72. The van der Waals surface area contributed by atoms with Crippen LogP contribution in [0.4, 0.5) is 10.2 Å². The van der Waals surface area contributed by atoms with Gasteiger partial charge in [-0.1, -0.05) is 18.1 Å². The lowest BCUT2D eigenvalue weighted by Crippen LogP contribution is -2.44. The number of fused-ring (bicyclic) bond motifs is 5. The number of carbonyl (C=O) groups excluding carboxylic acids is 1. The first-order valence-corrected chi connectivity index (χ1v) is 11.6. The van der Waals surface area contributed by atoms with Crippen LogP contribution >= 0.6 is 0 Å².